The Labute approximate surface area is 103 Å². The van der Waals surface area contributed by atoms with Crippen LogP contribution >= 0.6 is 40.7 Å². The molecule has 1 saturated heterocycles. The van der Waals surface area contributed by atoms with Crippen LogP contribution in [-0.4, -0.2) is 41.4 Å². The Morgan fingerprint density at radius 2 is 1.86 bits per heavy atom. The van der Waals surface area contributed by atoms with Gasteiger partial charge in [-0.25, -0.2) is 0 Å². The predicted molar refractivity (Wildman–Crippen MR) is 63.7 cm³/mol. The van der Waals surface area contributed by atoms with Gasteiger partial charge in [-0.05, 0) is 15.9 Å². The molecular formula is C6H12BrCl2N5. The molecule has 1 aromatic heterocycles. The Balaban J connectivity index is 0.000000845. The van der Waals surface area contributed by atoms with Crippen molar-refractivity contribution in [1.82, 2.24) is 20.5 Å². The van der Waals surface area contributed by atoms with Gasteiger partial charge in [0.2, 0.25) is 5.95 Å². The average molecular weight is 305 g/mol. The second-order valence-corrected chi connectivity index (χ2v) is 3.41. The Kier molecular flexibility index (Phi) is 6.43. The Morgan fingerprint density at radius 3 is 2.36 bits per heavy atom. The molecule has 0 aliphatic carbocycles. The summed E-state index contributed by atoms with van der Waals surface area (Å²) in [4.78, 5) is 6.33. The Bertz CT molecular complexity index is 262. The second-order valence-electron chi connectivity index (χ2n) is 2.66. The Morgan fingerprint density at radius 1 is 1.21 bits per heavy atom. The number of anilines is 1. The highest BCUT2D eigenvalue weighted by Gasteiger charge is 2.13. The minimum absolute atomic E-state index is 0. The van der Waals surface area contributed by atoms with Gasteiger partial charge < -0.3 is 10.2 Å². The minimum Gasteiger partial charge on any atom is -0.337 e. The second kappa shape index (κ2) is 6.44. The molecule has 2 heterocycles. The number of nitrogens with zero attached hydrogens (tertiary/aromatic N) is 3. The molecule has 14 heavy (non-hydrogen) atoms. The highest BCUT2D eigenvalue weighted by atomic mass is 79.9. The van der Waals surface area contributed by atoms with Crippen LogP contribution in [0.2, 0.25) is 0 Å². The summed E-state index contributed by atoms with van der Waals surface area (Å²) in [5.41, 5.74) is 0. The van der Waals surface area contributed by atoms with Crippen molar-refractivity contribution in [2.45, 2.75) is 0 Å². The molecule has 2 rings (SSSR count). The van der Waals surface area contributed by atoms with Gasteiger partial charge in [0, 0.05) is 26.2 Å². The lowest BCUT2D eigenvalue weighted by Crippen LogP contribution is -2.44. The van der Waals surface area contributed by atoms with E-state index in [1.165, 1.54) is 0 Å². The molecule has 1 aliphatic heterocycles. The number of aromatic nitrogens is 3. The normalized spacial score (nSPS) is 15.6. The van der Waals surface area contributed by atoms with Crippen molar-refractivity contribution < 1.29 is 0 Å². The maximum Gasteiger partial charge on any atom is 0.245 e. The summed E-state index contributed by atoms with van der Waals surface area (Å²) in [6.07, 6.45) is 0. The zero-order chi connectivity index (χ0) is 8.39. The van der Waals surface area contributed by atoms with Crippen LogP contribution in [0, 0.1) is 0 Å². The van der Waals surface area contributed by atoms with E-state index in [-0.39, 0.29) is 24.8 Å². The van der Waals surface area contributed by atoms with E-state index >= 15 is 0 Å². The van der Waals surface area contributed by atoms with E-state index in [9.17, 15) is 0 Å². The summed E-state index contributed by atoms with van der Waals surface area (Å²) in [5, 5.41) is 10.1. The quantitative estimate of drug-likeness (QED) is 0.806. The van der Waals surface area contributed by atoms with E-state index in [0.717, 1.165) is 32.1 Å². The van der Waals surface area contributed by atoms with Gasteiger partial charge in [-0.3, -0.25) is 5.10 Å². The lowest BCUT2D eigenvalue weighted by atomic mass is 10.4. The van der Waals surface area contributed by atoms with Crippen molar-refractivity contribution in [2.75, 3.05) is 31.1 Å². The first-order valence-electron chi connectivity index (χ1n) is 3.90. The number of aromatic amines is 1. The standard InChI is InChI=1S/C6H10BrN5.2ClH/c7-5-9-6(11-10-5)12-3-1-8-2-4-12;;/h8H,1-4H2,(H,9,10,11);2*1H. The molecule has 1 fully saturated rings. The molecule has 8 heteroatoms. The molecule has 5 nitrogen and oxygen atoms in total. The number of halogens is 3. The van der Waals surface area contributed by atoms with Crippen LogP contribution in [0.3, 0.4) is 0 Å². The first kappa shape index (κ1) is 14.0. The summed E-state index contributed by atoms with van der Waals surface area (Å²) < 4.78 is 0.691. The van der Waals surface area contributed by atoms with Gasteiger partial charge in [-0.1, -0.05) is 0 Å². The first-order valence-corrected chi connectivity index (χ1v) is 4.69. The fourth-order valence-electron chi connectivity index (χ4n) is 1.24. The number of rotatable bonds is 1. The van der Waals surface area contributed by atoms with Crippen LogP contribution in [0.15, 0.2) is 4.73 Å². The highest BCUT2D eigenvalue weighted by Crippen LogP contribution is 2.10. The van der Waals surface area contributed by atoms with Crippen LogP contribution < -0.4 is 10.2 Å². The zero-order valence-corrected chi connectivity index (χ0v) is 10.6. The molecule has 1 aromatic rings. The van der Waals surface area contributed by atoms with E-state index in [4.69, 9.17) is 0 Å². The van der Waals surface area contributed by atoms with Gasteiger partial charge in [0.05, 0.1) is 0 Å². The third kappa shape index (κ3) is 3.27. The van der Waals surface area contributed by atoms with Crippen molar-refractivity contribution in [3.05, 3.63) is 4.73 Å². The van der Waals surface area contributed by atoms with Gasteiger partial charge in [-0.2, -0.15) is 4.98 Å². The number of hydrogen-bond acceptors (Lipinski definition) is 4. The number of nitrogens with one attached hydrogen (secondary N) is 2. The molecule has 1 aliphatic rings. The summed E-state index contributed by atoms with van der Waals surface area (Å²) in [6.45, 7) is 3.97. The third-order valence-electron chi connectivity index (χ3n) is 1.85. The van der Waals surface area contributed by atoms with Crippen molar-refractivity contribution >= 4 is 46.7 Å². The molecule has 82 valence electrons. The van der Waals surface area contributed by atoms with E-state index in [0.29, 0.717) is 4.73 Å². The summed E-state index contributed by atoms with van der Waals surface area (Å²) >= 11 is 3.23. The smallest absolute Gasteiger partial charge is 0.245 e. The van der Waals surface area contributed by atoms with Crippen molar-refractivity contribution in [3.8, 4) is 0 Å². The molecule has 0 aromatic carbocycles. The van der Waals surface area contributed by atoms with Crippen LogP contribution in [0.5, 0.6) is 0 Å². The summed E-state index contributed by atoms with van der Waals surface area (Å²) in [7, 11) is 0. The molecule has 0 spiro atoms. The fraction of sp³-hybridized carbons (Fsp3) is 0.667. The summed E-state index contributed by atoms with van der Waals surface area (Å²) in [6, 6.07) is 0. The molecule has 0 saturated carbocycles. The molecule has 0 amide bonds. The van der Waals surface area contributed by atoms with Crippen molar-refractivity contribution in [3.63, 3.8) is 0 Å². The minimum atomic E-state index is 0. The van der Waals surface area contributed by atoms with Gasteiger partial charge in [0.15, 0.2) is 4.73 Å². The number of H-pyrrole nitrogens is 1. The van der Waals surface area contributed by atoms with Crippen LogP contribution in [0.1, 0.15) is 0 Å². The van der Waals surface area contributed by atoms with Crippen LogP contribution in [0.4, 0.5) is 5.95 Å². The lowest BCUT2D eigenvalue weighted by Gasteiger charge is -2.25. The van der Waals surface area contributed by atoms with Crippen molar-refractivity contribution in [2.24, 2.45) is 0 Å². The maximum atomic E-state index is 4.18. The van der Waals surface area contributed by atoms with Gasteiger partial charge in [-0.15, -0.1) is 29.9 Å². The SMILES string of the molecule is Brc1nc(N2CCNCC2)n[nH]1.Cl.Cl. The molecular weight excluding hydrogens is 293 g/mol. The topological polar surface area (TPSA) is 56.8 Å². The number of piperazine rings is 1. The Hall–Kier alpha value is -0.0400. The van der Waals surface area contributed by atoms with E-state index in [2.05, 4.69) is 41.3 Å². The zero-order valence-electron chi connectivity index (χ0n) is 7.36. The monoisotopic (exact) mass is 303 g/mol. The fourth-order valence-corrected chi connectivity index (χ4v) is 1.49. The highest BCUT2D eigenvalue weighted by molar-refractivity contribution is 9.10. The molecule has 0 radical (unpaired) electrons. The van der Waals surface area contributed by atoms with Crippen LogP contribution in [0.25, 0.3) is 0 Å². The average Bonchev–Trinajstić information content (AvgIpc) is 2.54. The van der Waals surface area contributed by atoms with Crippen LogP contribution in [-0.2, 0) is 0 Å². The number of hydrogen-bond donors (Lipinski definition) is 2. The maximum absolute atomic E-state index is 4.18. The third-order valence-corrected chi connectivity index (χ3v) is 2.20. The van der Waals surface area contributed by atoms with E-state index in [1.807, 2.05) is 0 Å². The van der Waals surface area contributed by atoms with Gasteiger partial charge in [0.25, 0.3) is 0 Å². The van der Waals surface area contributed by atoms with E-state index in [1.54, 1.807) is 0 Å². The largest absolute Gasteiger partial charge is 0.337 e. The first-order chi connectivity index (χ1) is 5.86. The molecule has 0 bridgehead atoms. The predicted octanol–water partition coefficient (Wildman–Crippen LogP) is 0.820. The van der Waals surface area contributed by atoms with Crippen molar-refractivity contribution in [1.29, 1.82) is 0 Å². The van der Waals surface area contributed by atoms with E-state index < -0.39 is 0 Å². The summed E-state index contributed by atoms with van der Waals surface area (Å²) in [5.74, 6) is 0.781. The molecule has 0 atom stereocenters. The lowest BCUT2D eigenvalue weighted by molar-refractivity contribution is 0.580. The molecule has 2 N–H and O–H groups in total. The van der Waals surface area contributed by atoms with Gasteiger partial charge in [0.1, 0.15) is 0 Å². The van der Waals surface area contributed by atoms with Gasteiger partial charge >= 0.3 is 0 Å². The molecule has 0 unspecified atom stereocenters.